The number of nitrogens with zero attached hydrogens (tertiary/aromatic N) is 1. The van der Waals surface area contributed by atoms with E-state index in [4.69, 9.17) is 11.6 Å². The van der Waals surface area contributed by atoms with Crippen molar-refractivity contribution in [3.05, 3.63) is 0 Å². The number of carbonyl (C=O) groups excluding carboxylic acids is 3. The van der Waals surface area contributed by atoms with Gasteiger partial charge in [-0.25, -0.2) is 5.84 Å². The van der Waals surface area contributed by atoms with Crippen LogP contribution < -0.4 is 17.0 Å². The van der Waals surface area contributed by atoms with E-state index in [-0.39, 0.29) is 18.9 Å². The van der Waals surface area contributed by atoms with Gasteiger partial charge in [-0.05, 0) is 6.42 Å². The van der Waals surface area contributed by atoms with Gasteiger partial charge in [0.25, 0.3) is 0 Å². The number of primary amides is 1. The molecule has 5 N–H and O–H groups in total. The highest BCUT2D eigenvalue weighted by Gasteiger charge is 2.38. The van der Waals surface area contributed by atoms with Gasteiger partial charge in [-0.3, -0.25) is 19.8 Å². The van der Waals surface area contributed by atoms with Gasteiger partial charge in [-0.15, -0.1) is 0 Å². The van der Waals surface area contributed by atoms with Gasteiger partial charge in [0, 0.05) is 13.0 Å². The molecule has 0 spiro atoms. The van der Waals surface area contributed by atoms with E-state index in [2.05, 4.69) is 0 Å². The molecule has 1 aliphatic heterocycles. The van der Waals surface area contributed by atoms with Crippen molar-refractivity contribution >= 4 is 17.7 Å². The number of rotatable bonds is 4. The number of amides is 3. The fourth-order valence-corrected chi connectivity index (χ4v) is 1.90. The zero-order chi connectivity index (χ0) is 12.3. The normalized spacial score (nSPS) is 22.0. The second kappa shape index (κ2) is 4.93. The molecule has 7 nitrogen and oxygen atoms in total. The minimum absolute atomic E-state index is 0.0762. The topological polar surface area (TPSA) is 119 Å². The first-order chi connectivity index (χ1) is 7.51. The Morgan fingerprint density at radius 2 is 2.25 bits per heavy atom. The maximum Gasteiger partial charge on any atom is 0.240 e. The van der Waals surface area contributed by atoms with Gasteiger partial charge in [0.05, 0.1) is 5.92 Å². The van der Waals surface area contributed by atoms with Gasteiger partial charge in [0.2, 0.25) is 17.7 Å². The predicted octanol–water partition coefficient (Wildman–Crippen LogP) is -1.91. The Morgan fingerprint density at radius 1 is 1.62 bits per heavy atom. The molecule has 1 unspecified atom stereocenters. The summed E-state index contributed by atoms with van der Waals surface area (Å²) in [5, 5.41) is 0. The van der Waals surface area contributed by atoms with Crippen molar-refractivity contribution in [1.29, 1.82) is 0 Å². The van der Waals surface area contributed by atoms with Gasteiger partial charge < -0.3 is 10.6 Å². The molecule has 90 valence electrons. The summed E-state index contributed by atoms with van der Waals surface area (Å²) in [6, 6.07) is -0.636. The number of hydrazine groups is 1. The van der Waals surface area contributed by atoms with Crippen molar-refractivity contribution in [3.8, 4) is 0 Å². The Labute approximate surface area is 93.1 Å². The molecule has 0 bridgehead atoms. The third-order valence-electron chi connectivity index (χ3n) is 2.76. The van der Waals surface area contributed by atoms with Crippen molar-refractivity contribution in [1.82, 2.24) is 10.3 Å². The number of carbonyl (C=O) groups is 3. The van der Waals surface area contributed by atoms with E-state index >= 15 is 0 Å². The average molecular weight is 228 g/mol. The summed E-state index contributed by atoms with van der Waals surface area (Å²) >= 11 is 0. The SMILES string of the molecule is CC[C@@H](C(N)=O)N1CC(C(=O)NN)CC1=O. The molecule has 0 aromatic rings. The third-order valence-corrected chi connectivity index (χ3v) is 2.76. The van der Waals surface area contributed by atoms with Crippen LogP contribution in [0.3, 0.4) is 0 Å². The Kier molecular flexibility index (Phi) is 3.83. The van der Waals surface area contributed by atoms with Crippen LogP contribution in [-0.4, -0.2) is 35.2 Å². The van der Waals surface area contributed by atoms with E-state index in [1.807, 2.05) is 5.43 Å². The Hall–Kier alpha value is -1.63. The standard InChI is InChI=1S/C9H16N4O3/c1-2-6(8(10)15)13-4-5(3-7(13)14)9(16)12-11/h5-6H,2-4,11H2,1H3,(H2,10,15)(H,12,16)/t5?,6-/m0/s1. The molecule has 1 fully saturated rings. The first-order valence-electron chi connectivity index (χ1n) is 5.10. The highest BCUT2D eigenvalue weighted by molar-refractivity contribution is 5.92. The second-order valence-electron chi connectivity index (χ2n) is 3.78. The zero-order valence-corrected chi connectivity index (χ0v) is 9.10. The molecular weight excluding hydrogens is 212 g/mol. The summed E-state index contributed by atoms with van der Waals surface area (Å²) in [5.41, 5.74) is 7.19. The Morgan fingerprint density at radius 3 is 2.69 bits per heavy atom. The van der Waals surface area contributed by atoms with Gasteiger partial charge in [-0.1, -0.05) is 6.92 Å². The minimum Gasteiger partial charge on any atom is -0.368 e. The average Bonchev–Trinajstić information content (AvgIpc) is 2.60. The molecule has 1 saturated heterocycles. The summed E-state index contributed by atoms with van der Waals surface area (Å²) in [6.07, 6.45) is 0.519. The number of hydrogen-bond donors (Lipinski definition) is 3. The van der Waals surface area contributed by atoms with Crippen molar-refractivity contribution in [2.24, 2.45) is 17.5 Å². The fraction of sp³-hybridized carbons (Fsp3) is 0.667. The number of nitrogens with one attached hydrogen (secondary N) is 1. The van der Waals surface area contributed by atoms with Crippen LogP contribution in [0.15, 0.2) is 0 Å². The molecule has 1 aliphatic rings. The lowest BCUT2D eigenvalue weighted by Crippen LogP contribution is -2.46. The maximum atomic E-state index is 11.6. The Bertz CT molecular complexity index is 318. The van der Waals surface area contributed by atoms with E-state index in [1.165, 1.54) is 4.90 Å². The highest BCUT2D eigenvalue weighted by atomic mass is 16.2. The number of nitrogens with two attached hydrogens (primary N) is 2. The quantitative estimate of drug-likeness (QED) is 0.295. The minimum atomic E-state index is -0.636. The molecule has 16 heavy (non-hydrogen) atoms. The van der Waals surface area contributed by atoms with Gasteiger partial charge >= 0.3 is 0 Å². The molecule has 0 radical (unpaired) electrons. The van der Waals surface area contributed by atoms with Gasteiger partial charge in [0.15, 0.2) is 0 Å². The summed E-state index contributed by atoms with van der Waals surface area (Å²) in [4.78, 5) is 35.3. The number of likely N-dealkylation sites (tertiary alicyclic amines) is 1. The predicted molar refractivity (Wildman–Crippen MR) is 55.4 cm³/mol. The molecule has 1 rings (SSSR count). The molecule has 2 atom stereocenters. The maximum absolute atomic E-state index is 11.6. The molecule has 0 aromatic carbocycles. The molecule has 3 amide bonds. The fourth-order valence-electron chi connectivity index (χ4n) is 1.90. The first-order valence-corrected chi connectivity index (χ1v) is 5.10. The van der Waals surface area contributed by atoms with Gasteiger partial charge in [-0.2, -0.15) is 0 Å². The molecular formula is C9H16N4O3. The highest BCUT2D eigenvalue weighted by Crippen LogP contribution is 2.21. The van der Waals surface area contributed by atoms with Crippen LogP contribution in [0.5, 0.6) is 0 Å². The molecule has 0 saturated carbocycles. The van der Waals surface area contributed by atoms with Crippen LogP contribution in [0.2, 0.25) is 0 Å². The van der Waals surface area contributed by atoms with E-state index < -0.39 is 23.8 Å². The van der Waals surface area contributed by atoms with Gasteiger partial charge in [0.1, 0.15) is 6.04 Å². The van der Waals surface area contributed by atoms with Crippen molar-refractivity contribution < 1.29 is 14.4 Å². The lowest BCUT2D eigenvalue weighted by Gasteiger charge is -2.24. The largest absolute Gasteiger partial charge is 0.368 e. The lowest BCUT2D eigenvalue weighted by molar-refractivity contribution is -0.136. The summed E-state index contributed by atoms with van der Waals surface area (Å²) < 4.78 is 0. The van der Waals surface area contributed by atoms with E-state index in [9.17, 15) is 14.4 Å². The van der Waals surface area contributed by atoms with Crippen molar-refractivity contribution in [2.75, 3.05) is 6.54 Å². The van der Waals surface area contributed by atoms with E-state index in [1.54, 1.807) is 6.92 Å². The van der Waals surface area contributed by atoms with Crippen LogP contribution in [0.4, 0.5) is 0 Å². The number of hydrogen-bond acceptors (Lipinski definition) is 4. The van der Waals surface area contributed by atoms with Crippen LogP contribution in [0, 0.1) is 5.92 Å². The van der Waals surface area contributed by atoms with Crippen molar-refractivity contribution in [2.45, 2.75) is 25.8 Å². The second-order valence-corrected chi connectivity index (χ2v) is 3.78. The monoisotopic (exact) mass is 228 g/mol. The molecule has 0 aromatic heterocycles. The molecule has 0 aliphatic carbocycles. The van der Waals surface area contributed by atoms with E-state index in [0.29, 0.717) is 6.42 Å². The smallest absolute Gasteiger partial charge is 0.240 e. The first kappa shape index (κ1) is 12.4. The molecule has 7 heteroatoms. The Balaban J connectivity index is 2.74. The summed E-state index contributed by atoms with van der Waals surface area (Å²) in [7, 11) is 0. The molecule has 1 heterocycles. The van der Waals surface area contributed by atoms with Crippen LogP contribution in [0.25, 0.3) is 0 Å². The van der Waals surface area contributed by atoms with Crippen LogP contribution >= 0.6 is 0 Å². The van der Waals surface area contributed by atoms with Crippen LogP contribution in [0.1, 0.15) is 19.8 Å². The van der Waals surface area contributed by atoms with Crippen molar-refractivity contribution in [3.63, 3.8) is 0 Å². The van der Waals surface area contributed by atoms with Crippen LogP contribution in [-0.2, 0) is 14.4 Å². The lowest BCUT2D eigenvalue weighted by atomic mass is 10.1. The zero-order valence-electron chi connectivity index (χ0n) is 9.10. The summed E-state index contributed by atoms with van der Waals surface area (Å²) in [6.45, 7) is 1.96. The summed E-state index contributed by atoms with van der Waals surface area (Å²) in [5.74, 6) is 3.31. The van der Waals surface area contributed by atoms with E-state index in [0.717, 1.165) is 0 Å². The third kappa shape index (κ3) is 2.30.